The van der Waals surface area contributed by atoms with Crippen molar-refractivity contribution in [3.63, 3.8) is 0 Å². The molecule has 4 aromatic rings. The van der Waals surface area contributed by atoms with Crippen LogP contribution in [0.1, 0.15) is 36.5 Å². The third kappa shape index (κ3) is 3.56. The molecule has 0 saturated heterocycles. The molecule has 0 unspecified atom stereocenters. The maximum atomic E-state index is 13.0. The van der Waals surface area contributed by atoms with Crippen molar-refractivity contribution in [3.8, 4) is 0 Å². The van der Waals surface area contributed by atoms with Crippen molar-refractivity contribution in [2.75, 3.05) is 0 Å². The number of rotatable bonds is 3. The summed E-state index contributed by atoms with van der Waals surface area (Å²) in [5.74, 6) is 0.313. The van der Waals surface area contributed by atoms with Gasteiger partial charge < -0.3 is 4.42 Å². The Balaban J connectivity index is 1.92. The molecule has 0 amide bonds. The highest BCUT2D eigenvalue weighted by atomic mass is 35.5. The van der Waals surface area contributed by atoms with Crippen LogP contribution in [0.5, 0.6) is 0 Å². The van der Waals surface area contributed by atoms with Gasteiger partial charge in [-0.15, -0.1) is 0 Å². The van der Waals surface area contributed by atoms with Gasteiger partial charge in [0.25, 0.3) is 5.56 Å². The lowest BCUT2D eigenvalue weighted by Crippen LogP contribution is -2.22. The van der Waals surface area contributed by atoms with E-state index in [1.807, 2.05) is 19.1 Å². The van der Waals surface area contributed by atoms with Crippen molar-refractivity contribution in [1.82, 2.24) is 9.55 Å². The number of aromatic nitrogens is 2. The van der Waals surface area contributed by atoms with Gasteiger partial charge >= 0.3 is 5.63 Å². The van der Waals surface area contributed by atoms with Crippen LogP contribution >= 0.6 is 23.2 Å². The molecular formula is C22H18Cl2N2O3. The van der Waals surface area contributed by atoms with E-state index in [1.54, 1.807) is 12.1 Å². The van der Waals surface area contributed by atoms with E-state index in [4.69, 9.17) is 27.6 Å². The Labute approximate surface area is 176 Å². The predicted octanol–water partition coefficient (Wildman–Crippen LogP) is 5.29. The summed E-state index contributed by atoms with van der Waals surface area (Å²) in [5.41, 5.74) is 3.06. The van der Waals surface area contributed by atoms with Gasteiger partial charge in [-0.05, 0) is 53.8 Å². The topological polar surface area (TPSA) is 65.1 Å². The first-order valence-corrected chi connectivity index (χ1v) is 9.91. The Bertz CT molecular complexity index is 1390. The molecule has 2 aromatic carbocycles. The second-order valence-corrected chi connectivity index (χ2v) is 8.26. The Kier molecular flexibility index (Phi) is 4.97. The molecule has 2 aromatic heterocycles. The van der Waals surface area contributed by atoms with E-state index < -0.39 is 5.63 Å². The molecule has 0 saturated carbocycles. The van der Waals surface area contributed by atoms with Gasteiger partial charge in [0.1, 0.15) is 5.58 Å². The molecule has 0 N–H and O–H groups in total. The fourth-order valence-electron chi connectivity index (χ4n) is 3.64. The number of aryl methyl sites for hydroxylation is 1. The summed E-state index contributed by atoms with van der Waals surface area (Å²) in [5, 5.41) is 1.81. The smallest absolute Gasteiger partial charge is 0.336 e. The summed E-state index contributed by atoms with van der Waals surface area (Å²) < 4.78 is 6.84. The number of benzene rings is 2. The van der Waals surface area contributed by atoms with Crippen LogP contribution in [0.4, 0.5) is 0 Å². The minimum Gasteiger partial charge on any atom is -0.423 e. The van der Waals surface area contributed by atoms with E-state index in [1.165, 1.54) is 17.0 Å². The fourth-order valence-corrected chi connectivity index (χ4v) is 4.18. The van der Waals surface area contributed by atoms with Gasteiger partial charge in [0.2, 0.25) is 0 Å². The molecule has 0 atom stereocenters. The molecule has 2 heterocycles. The Morgan fingerprint density at radius 2 is 1.83 bits per heavy atom. The molecule has 0 radical (unpaired) electrons. The van der Waals surface area contributed by atoms with E-state index in [0.717, 1.165) is 16.5 Å². The van der Waals surface area contributed by atoms with E-state index in [2.05, 4.69) is 18.8 Å². The molecule has 0 fully saturated rings. The van der Waals surface area contributed by atoms with Crippen LogP contribution in [-0.2, 0) is 6.54 Å². The van der Waals surface area contributed by atoms with Gasteiger partial charge in [-0.3, -0.25) is 9.36 Å². The fraction of sp³-hybridized carbons (Fsp3) is 0.227. The van der Waals surface area contributed by atoms with Crippen LogP contribution in [0.25, 0.3) is 21.9 Å². The summed E-state index contributed by atoms with van der Waals surface area (Å²) in [7, 11) is 0. The minimum atomic E-state index is -0.461. The molecule has 0 spiro atoms. The van der Waals surface area contributed by atoms with Crippen LogP contribution in [0, 0.1) is 6.92 Å². The van der Waals surface area contributed by atoms with Gasteiger partial charge in [0.15, 0.2) is 0 Å². The summed E-state index contributed by atoms with van der Waals surface area (Å²) in [4.78, 5) is 29.4. The molecule has 0 aliphatic rings. The van der Waals surface area contributed by atoms with Gasteiger partial charge in [0, 0.05) is 16.5 Å². The maximum Gasteiger partial charge on any atom is 0.336 e. The normalized spacial score (nSPS) is 11.7. The minimum absolute atomic E-state index is 0.175. The lowest BCUT2D eigenvalue weighted by atomic mass is 9.95. The Morgan fingerprint density at radius 3 is 2.55 bits per heavy atom. The highest BCUT2D eigenvalue weighted by molar-refractivity contribution is 6.38. The first-order valence-electron chi connectivity index (χ1n) is 9.16. The highest BCUT2D eigenvalue weighted by Crippen LogP contribution is 2.28. The summed E-state index contributed by atoms with van der Waals surface area (Å²) in [6, 6.07) is 8.42. The van der Waals surface area contributed by atoms with Crippen molar-refractivity contribution < 1.29 is 4.42 Å². The average molecular weight is 429 g/mol. The van der Waals surface area contributed by atoms with Gasteiger partial charge in [-0.1, -0.05) is 37.0 Å². The van der Waals surface area contributed by atoms with Crippen molar-refractivity contribution in [2.24, 2.45) is 0 Å². The summed E-state index contributed by atoms with van der Waals surface area (Å²) >= 11 is 12.2. The van der Waals surface area contributed by atoms with Crippen LogP contribution in [0.2, 0.25) is 10.0 Å². The second kappa shape index (κ2) is 7.32. The van der Waals surface area contributed by atoms with Crippen molar-refractivity contribution in [1.29, 1.82) is 0 Å². The van der Waals surface area contributed by atoms with Crippen LogP contribution in [0.3, 0.4) is 0 Å². The van der Waals surface area contributed by atoms with E-state index in [-0.39, 0.29) is 12.1 Å². The third-order valence-electron chi connectivity index (χ3n) is 5.03. The van der Waals surface area contributed by atoms with Crippen molar-refractivity contribution >= 4 is 45.1 Å². The van der Waals surface area contributed by atoms with Gasteiger partial charge in [-0.25, -0.2) is 9.78 Å². The van der Waals surface area contributed by atoms with E-state index >= 15 is 0 Å². The zero-order chi connectivity index (χ0) is 20.9. The molecule has 148 valence electrons. The zero-order valence-corrected chi connectivity index (χ0v) is 17.6. The molecule has 0 bridgehead atoms. The lowest BCUT2D eigenvalue weighted by Gasteiger charge is -2.14. The SMILES string of the molecule is Cc1cc2oc(=O)cc(Cn3cnc4c(Cl)cc(Cl)cc4c3=O)c2cc1C(C)C. The van der Waals surface area contributed by atoms with Crippen LogP contribution in [0.15, 0.2) is 50.7 Å². The number of halogens is 2. The van der Waals surface area contributed by atoms with Gasteiger partial charge in [-0.2, -0.15) is 0 Å². The maximum absolute atomic E-state index is 13.0. The van der Waals surface area contributed by atoms with E-state index in [9.17, 15) is 9.59 Å². The van der Waals surface area contributed by atoms with Crippen molar-refractivity contribution in [2.45, 2.75) is 33.2 Å². The number of hydrogen-bond acceptors (Lipinski definition) is 4. The number of nitrogens with zero attached hydrogens (tertiary/aromatic N) is 2. The second-order valence-electron chi connectivity index (χ2n) is 7.41. The summed E-state index contributed by atoms with van der Waals surface area (Å²) in [6.07, 6.45) is 1.43. The molecule has 0 aliphatic carbocycles. The van der Waals surface area contributed by atoms with Crippen LogP contribution < -0.4 is 11.2 Å². The highest BCUT2D eigenvalue weighted by Gasteiger charge is 2.14. The standard InChI is InChI=1S/C22H18Cl2N2O3/c1-11(2)15-8-16-13(5-20(27)29-19(16)4-12(15)3)9-26-10-25-21-17(22(26)28)6-14(23)7-18(21)24/h4-8,10-11H,9H2,1-3H3. The molecule has 5 nitrogen and oxygen atoms in total. The third-order valence-corrected chi connectivity index (χ3v) is 5.53. The Hall–Kier alpha value is -2.63. The zero-order valence-electron chi connectivity index (χ0n) is 16.1. The monoisotopic (exact) mass is 428 g/mol. The van der Waals surface area contributed by atoms with Crippen molar-refractivity contribution in [3.05, 3.63) is 84.2 Å². The molecule has 29 heavy (non-hydrogen) atoms. The van der Waals surface area contributed by atoms with Crippen LogP contribution in [-0.4, -0.2) is 9.55 Å². The quantitative estimate of drug-likeness (QED) is 0.415. The number of fused-ring (bicyclic) bond motifs is 2. The molecule has 4 rings (SSSR count). The average Bonchev–Trinajstić information content (AvgIpc) is 2.63. The Morgan fingerprint density at radius 1 is 1.07 bits per heavy atom. The van der Waals surface area contributed by atoms with E-state index in [0.29, 0.717) is 38.0 Å². The first kappa shape index (κ1) is 19.7. The molecule has 7 heteroatoms. The lowest BCUT2D eigenvalue weighted by molar-refractivity contribution is 0.556. The number of hydrogen-bond donors (Lipinski definition) is 0. The van der Waals surface area contributed by atoms with Gasteiger partial charge in [0.05, 0.1) is 28.8 Å². The predicted molar refractivity (Wildman–Crippen MR) is 116 cm³/mol. The summed E-state index contributed by atoms with van der Waals surface area (Å²) in [6.45, 7) is 6.39. The molecule has 0 aliphatic heterocycles. The largest absolute Gasteiger partial charge is 0.423 e. The first-order chi connectivity index (χ1) is 13.7. The molecular weight excluding hydrogens is 411 g/mol.